The Morgan fingerprint density at radius 2 is 2.07 bits per heavy atom. The van der Waals surface area contributed by atoms with Gasteiger partial charge in [0.25, 0.3) is 5.91 Å². The molecule has 1 aromatic heterocycles. The zero-order chi connectivity index (χ0) is 18.9. The fraction of sp³-hybridized carbons (Fsp3) is 0.190. The number of carbonyl (C=O) groups excluding carboxylic acids is 1. The molecule has 2 aliphatic rings. The van der Waals surface area contributed by atoms with Gasteiger partial charge < -0.3 is 19.5 Å². The number of nitrogens with zero attached hydrogens (tertiary/aromatic N) is 2. The summed E-state index contributed by atoms with van der Waals surface area (Å²) in [5, 5.41) is 2.94. The van der Waals surface area contributed by atoms with Crippen LogP contribution in [0.4, 0.5) is 0 Å². The van der Waals surface area contributed by atoms with E-state index in [-0.39, 0.29) is 18.8 Å². The minimum atomic E-state index is -0.174. The molecule has 7 nitrogen and oxygen atoms in total. The van der Waals surface area contributed by atoms with E-state index >= 15 is 0 Å². The Kier molecular flexibility index (Phi) is 4.05. The lowest BCUT2D eigenvalue weighted by molar-refractivity contribution is 0.0933. The Balaban J connectivity index is 1.27. The maximum absolute atomic E-state index is 12.5. The van der Waals surface area contributed by atoms with Gasteiger partial charge in [0.15, 0.2) is 11.5 Å². The summed E-state index contributed by atoms with van der Waals surface area (Å²) in [4.78, 5) is 21.0. The molecule has 0 aliphatic carbocycles. The zero-order valence-electron chi connectivity index (χ0n) is 14.9. The van der Waals surface area contributed by atoms with Crippen LogP contribution in [-0.2, 0) is 6.42 Å². The van der Waals surface area contributed by atoms with E-state index in [4.69, 9.17) is 14.2 Å². The molecule has 3 heterocycles. The van der Waals surface area contributed by atoms with Crippen molar-refractivity contribution in [1.82, 2.24) is 15.3 Å². The number of ether oxygens (including phenoxy) is 3. The SMILES string of the molecule is O=C(NC[C@H]1Cc2cccc(-c3cnccn3)c2O1)c1ccc2c(c1)OCO2. The van der Waals surface area contributed by atoms with E-state index in [1.807, 2.05) is 18.2 Å². The summed E-state index contributed by atoms with van der Waals surface area (Å²) in [6.07, 6.45) is 5.61. The van der Waals surface area contributed by atoms with Crippen LogP contribution in [0.5, 0.6) is 17.2 Å². The maximum Gasteiger partial charge on any atom is 0.251 e. The Bertz CT molecular complexity index is 1040. The first-order chi connectivity index (χ1) is 13.8. The van der Waals surface area contributed by atoms with Crippen LogP contribution in [-0.4, -0.2) is 35.3 Å². The highest BCUT2D eigenvalue weighted by Crippen LogP contribution is 2.37. The van der Waals surface area contributed by atoms with Crippen LogP contribution in [0.25, 0.3) is 11.3 Å². The van der Waals surface area contributed by atoms with Crippen molar-refractivity contribution in [2.75, 3.05) is 13.3 Å². The second-order valence-electron chi connectivity index (χ2n) is 6.61. The number of hydrogen-bond acceptors (Lipinski definition) is 6. The molecule has 0 spiro atoms. The molecule has 2 aromatic carbocycles. The summed E-state index contributed by atoms with van der Waals surface area (Å²) in [5.74, 6) is 1.88. The van der Waals surface area contributed by atoms with Crippen molar-refractivity contribution >= 4 is 5.91 Å². The third-order valence-corrected chi connectivity index (χ3v) is 4.79. The minimum Gasteiger partial charge on any atom is -0.487 e. The molecule has 0 unspecified atom stereocenters. The van der Waals surface area contributed by atoms with Gasteiger partial charge in [-0.25, -0.2) is 0 Å². The smallest absolute Gasteiger partial charge is 0.251 e. The third kappa shape index (κ3) is 3.00. The highest BCUT2D eigenvalue weighted by atomic mass is 16.7. The van der Waals surface area contributed by atoms with Crippen LogP contribution in [0, 0.1) is 0 Å². The average Bonchev–Trinajstić information content (AvgIpc) is 3.38. The second-order valence-corrected chi connectivity index (χ2v) is 6.61. The van der Waals surface area contributed by atoms with Gasteiger partial charge >= 0.3 is 0 Å². The van der Waals surface area contributed by atoms with E-state index in [1.54, 1.807) is 36.8 Å². The van der Waals surface area contributed by atoms with Gasteiger partial charge in [-0.05, 0) is 29.8 Å². The van der Waals surface area contributed by atoms with Crippen LogP contribution in [0.3, 0.4) is 0 Å². The number of carbonyl (C=O) groups is 1. The summed E-state index contributed by atoms with van der Waals surface area (Å²) in [7, 11) is 0. The maximum atomic E-state index is 12.5. The summed E-state index contributed by atoms with van der Waals surface area (Å²) in [6.45, 7) is 0.588. The Labute approximate surface area is 161 Å². The molecule has 1 atom stereocenters. The molecule has 0 bridgehead atoms. The average molecular weight is 375 g/mol. The number of hydrogen-bond donors (Lipinski definition) is 1. The minimum absolute atomic E-state index is 0.134. The summed E-state index contributed by atoms with van der Waals surface area (Å²) < 4.78 is 16.7. The molecule has 7 heteroatoms. The van der Waals surface area contributed by atoms with Crippen molar-refractivity contribution in [3.63, 3.8) is 0 Å². The van der Waals surface area contributed by atoms with Crippen LogP contribution in [0.1, 0.15) is 15.9 Å². The van der Waals surface area contributed by atoms with Gasteiger partial charge in [-0.3, -0.25) is 14.8 Å². The second kappa shape index (κ2) is 6.84. The molecule has 0 saturated heterocycles. The quantitative estimate of drug-likeness (QED) is 0.755. The van der Waals surface area contributed by atoms with Crippen molar-refractivity contribution in [2.45, 2.75) is 12.5 Å². The van der Waals surface area contributed by atoms with E-state index < -0.39 is 0 Å². The number of para-hydroxylation sites is 1. The molecule has 0 fully saturated rings. The van der Waals surface area contributed by atoms with Gasteiger partial charge in [0, 0.05) is 29.9 Å². The topological polar surface area (TPSA) is 82.6 Å². The van der Waals surface area contributed by atoms with Crippen LogP contribution < -0.4 is 19.5 Å². The van der Waals surface area contributed by atoms with Crippen LogP contribution in [0.2, 0.25) is 0 Å². The van der Waals surface area contributed by atoms with Crippen molar-refractivity contribution in [3.8, 4) is 28.5 Å². The highest BCUT2D eigenvalue weighted by Gasteiger charge is 2.27. The molecular weight excluding hydrogens is 358 g/mol. The molecular formula is C21H17N3O4. The molecule has 140 valence electrons. The lowest BCUT2D eigenvalue weighted by Crippen LogP contribution is -2.34. The van der Waals surface area contributed by atoms with Gasteiger partial charge in [-0.2, -0.15) is 0 Å². The number of fused-ring (bicyclic) bond motifs is 2. The Hall–Kier alpha value is -3.61. The largest absolute Gasteiger partial charge is 0.487 e. The number of amides is 1. The van der Waals surface area contributed by atoms with Gasteiger partial charge in [0.1, 0.15) is 11.9 Å². The lowest BCUT2D eigenvalue weighted by Gasteiger charge is -2.13. The molecule has 2 aliphatic heterocycles. The molecule has 1 amide bonds. The number of aromatic nitrogens is 2. The van der Waals surface area contributed by atoms with Crippen molar-refractivity contribution in [1.29, 1.82) is 0 Å². The molecule has 1 N–H and O–H groups in total. The molecule has 3 aromatic rings. The molecule has 5 rings (SSSR count). The van der Waals surface area contributed by atoms with E-state index in [9.17, 15) is 4.79 Å². The highest BCUT2D eigenvalue weighted by molar-refractivity contribution is 5.95. The van der Waals surface area contributed by atoms with Gasteiger partial charge in [0.2, 0.25) is 6.79 Å². The van der Waals surface area contributed by atoms with Crippen molar-refractivity contribution in [2.24, 2.45) is 0 Å². The Morgan fingerprint density at radius 1 is 1.14 bits per heavy atom. The molecule has 0 saturated carbocycles. The summed E-state index contributed by atoms with van der Waals surface area (Å²) >= 11 is 0. The van der Waals surface area contributed by atoms with E-state index in [0.717, 1.165) is 29.0 Å². The lowest BCUT2D eigenvalue weighted by atomic mass is 10.0. The van der Waals surface area contributed by atoms with Gasteiger partial charge in [-0.15, -0.1) is 0 Å². The predicted octanol–water partition coefficient (Wildman–Crippen LogP) is 2.61. The first-order valence-corrected chi connectivity index (χ1v) is 9.01. The van der Waals surface area contributed by atoms with Gasteiger partial charge in [0.05, 0.1) is 18.4 Å². The monoisotopic (exact) mass is 375 g/mol. The van der Waals surface area contributed by atoms with Gasteiger partial charge in [-0.1, -0.05) is 12.1 Å². The first-order valence-electron chi connectivity index (χ1n) is 9.01. The number of nitrogens with one attached hydrogen (secondary N) is 1. The van der Waals surface area contributed by atoms with Crippen LogP contribution >= 0.6 is 0 Å². The number of benzene rings is 2. The summed E-state index contributed by atoms with van der Waals surface area (Å²) in [6, 6.07) is 11.1. The third-order valence-electron chi connectivity index (χ3n) is 4.79. The fourth-order valence-electron chi connectivity index (χ4n) is 3.44. The van der Waals surface area contributed by atoms with Crippen molar-refractivity contribution < 1.29 is 19.0 Å². The Morgan fingerprint density at radius 3 is 2.96 bits per heavy atom. The van der Waals surface area contributed by atoms with E-state index in [2.05, 4.69) is 15.3 Å². The fourth-order valence-corrected chi connectivity index (χ4v) is 3.44. The van der Waals surface area contributed by atoms with E-state index in [0.29, 0.717) is 23.6 Å². The molecule has 0 radical (unpaired) electrons. The van der Waals surface area contributed by atoms with E-state index in [1.165, 1.54) is 0 Å². The predicted molar refractivity (Wildman–Crippen MR) is 100 cm³/mol. The zero-order valence-corrected chi connectivity index (χ0v) is 14.9. The first kappa shape index (κ1) is 16.6. The number of rotatable bonds is 4. The normalized spacial score (nSPS) is 16.4. The summed E-state index contributed by atoms with van der Waals surface area (Å²) in [5.41, 5.74) is 3.31. The molecule has 28 heavy (non-hydrogen) atoms. The van der Waals surface area contributed by atoms with Crippen LogP contribution in [0.15, 0.2) is 55.0 Å². The standard InChI is InChI=1S/C21H17N3O4/c25-21(14-4-5-18-19(9-14)27-12-26-18)24-10-15-8-13-2-1-3-16(20(13)28-15)17-11-22-6-7-23-17/h1-7,9,11,15H,8,10,12H2,(H,24,25)/t15-/m1/s1. The van der Waals surface area contributed by atoms with Crippen molar-refractivity contribution in [3.05, 3.63) is 66.1 Å².